The minimum atomic E-state index is -1.01. The first-order valence-electron chi connectivity index (χ1n) is 11.0. The second-order valence-corrected chi connectivity index (χ2v) is 8.49. The highest BCUT2D eigenvalue weighted by atomic mass is 16.6. The van der Waals surface area contributed by atoms with Crippen LogP contribution in [0.15, 0.2) is 78.9 Å². The molecule has 0 aromatic heterocycles. The number of hydrogen-bond acceptors (Lipinski definition) is 3. The number of nitrogens with zero attached hydrogens (tertiary/aromatic N) is 1. The van der Waals surface area contributed by atoms with Crippen LogP contribution in [-0.4, -0.2) is 40.8 Å². The van der Waals surface area contributed by atoms with Crippen molar-refractivity contribution in [1.29, 1.82) is 0 Å². The van der Waals surface area contributed by atoms with Crippen molar-refractivity contribution in [2.24, 2.45) is 0 Å². The Hall–Kier alpha value is -3.60. The number of ether oxygens (including phenoxy) is 1. The third kappa shape index (κ3) is 3.86. The Balaban J connectivity index is 1.36. The van der Waals surface area contributed by atoms with Crippen molar-refractivity contribution in [3.63, 3.8) is 0 Å². The van der Waals surface area contributed by atoms with Crippen LogP contribution < -0.4 is 0 Å². The Kier molecular flexibility index (Phi) is 5.39. The van der Waals surface area contributed by atoms with Gasteiger partial charge in [-0.25, -0.2) is 9.59 Å². The summed E-state index contributed by atoms with van der Waals surface area (Å²) in [4.78, 5) is 26.7. The zero-order valence-corrected chi connectivity index (χ0v) is 17.7. The molecule has 0 radical (unpaired) electrons. The highest BCUT2D eigenvalue weighted by Crippen LogP contribution is 2.44. The number of fused-ring (bicyclic) bond motifs is 3. The number of amides is 1. The molecule has 1 amide bonds. The number of carbonyl (C=O) groups excluding carboxylic acids is 1. The fraction of sp³-hybridized carbons (Fsp3) is 0.259. The zero-order valence-electron chi connectivity index (χ0n) is 17.7. The molecule has 3 aromatic carbocycles. The van der Waals surface area contributed by atoms with Gasteiger partial charge in [-0.15, -0.1) is 0 Å². The van der Waals surface area contributed by atoms with Gasteiger partial charge in [0.25, 0.3) is 0 Å². The first kappa shape index (κ1) is 20.3. The van der Waals surface area contributed by atoms with Gasteiger partial charge in [-0.2, -0.15) is 0 Å². The van der Waals surface area contributed by atoms with Gasteiger partial charge >= 0.3 is 12.1 Å². The van der Waals surface area contributed by atoms with Gasteiger partial charge in [0.2, 0.25) is 0 Å². The second kappa shape index (κ2) is 8.50. The number of rotatable bonds is 7. The van der Waals surface area contributed by atoms with Crippen LogP contribution in [0.3, 0.4) is 0 Å². The molecule has 2 aliphatic rings. The molecular formula is C27H25NO4. The van der Waals surface area contributed by atoms with Gasteiger partial charge in [0.15, 0.2) is 0 Å². The normalized spacial score (nSPS) is 15.5. The van der Waals surface area contributed by atoms with Gasteiger partial charge in [0.1, 0.15) is 12.6 Å². The molecule has 32 heavy (non-hydrogen) atoms. The van der Waals surface area contributed by atoms with E-state index in [2.05, 4.69) is 24.3 Å². The first-order valence-corrected chi connectivity index (χ1v) is 11.0. The van der Waals surface area contributed by atoms with E-state index in [1.54, 1.807) is 0 Å². The molecule has 5 nitrogen and oxygen atoms in total. The van der Waals surface area contributed by atoms with Gasteiger partial charge in [0, 0.05) is 18.4 Å². The van der Waals surface area contributed by atoms with E-state index in [1.807, 2.05) is 54.6 Å². The van der Waals surface area contributed by atoms with E-state index in [4.69, 9.17) is 4.74 Å². The fourth-order valence-corrected chi connectivity index (χ4v) is 4.69. The van der Waals surface area contributed by atoms with Crippen LogP contribution in [0.2, 0.25) is 0 Å². The number of carbonyl (C=O) groups is 2. The lowest BCUT2D eigenvalue weighted by atomic mass is 9.98. The quantitative estimate of drug-likeness (QED) is 0.570. The topological polar surface area (TPSA) is 66.8 Å². The van der Waals surface area contributed by atoms with Crippen molar-refractivity contribution in [2.45, 2.75) is 37.3 Å². The SMILES string of the molecule is O=C(O)C(Cc1ccccc1)N(C(=O)OCC1c2ccccc2-c2ccccc21)C1CC1. The number of aliphatic carboxylic acids is 1. The molecule has 5 rings (SSSR count). The molecule has 1 unspecified atom stereocenters. The Labute approximate surface area is 187 Å². The zero-order chi connectivity index (χ0) is 22.1. The molecule has 0 heterocycles. The van der Waals surface area contributed by atoms with Crippen molar-refractivity contribution in [1.82, 2.24) is 4.90 Å². The molecule has 5 heteroatoms. The summed E-state index contributed by atoms with van der Waals surface area (Å²) in [6.45, 7) is 0.188. The summed E-state index contributed by atoms with van der Waals surface area (Å²) in [6.07, 6.45) is 1.33. The summed E-state index contributed by atoms with van der Waals surface area (Å²) in [6, 6.07) is 24.7. The van der Waals surface area contributed by atoms with E-state index in [-0.39, 0.29) is 25.0 Å². The van der Waals surface area contributed by atoms with Crippen LogP contribution in [0, 0.1) is 0 Å². The lowest BCUT2D eigenvalue weighted by Crippen LogP contribution is -2.48. The molecule has 0 aliphatic heterocycles. The van der Waals surface area contributed by atoms with Gasteiger partial charge < -0.3 is 9.84 Å². The Morgan fingerprint density at radius 2 is 1.44 bits per heavy atom. The maximum Gasteiger partial charge on any atom is 0.410 e. The van der Waals surface area contributed by atoms with E-state index < -0.39 is 18.1 Å². The predicted octanol–water partition coefficient (Wildman–Crippen LogP) is 5.10. The molecule has 0 bridgehead atoms. The molecule has 1 atom stereocenters. The lowest BCUT2D eigenvalue weighted by Gasteiger charge is -2.29. The minimum Gasteiger partial charge on any atom is -0.480 e. The largest absolute Gasteiger partial charge is 0.480 e. The summed E-state index contributed by atoms with van der Waals surface area (Å²) < 4.78 is 5.80. The van der Waals surface area contributed by atoms with Crippen LogP contribution in [0.5, 0.6) is 0 Å². The van der Waals surface area contributed by atoms with Crippen molar-refractivity contribution < 1.29 is 19.4 Å². The van der Waals surface area contributed by atoms with Crippen LogP contribution in [0.25, 0.3) is 11.1 Å². The van der Waals surface area contributed by atoms with E-state index in [1.165, 1.54) is 4.90 Å². The van der Waals surface area contributed by atoms with Gasteiger partial charge in [-0.3, -0.25) is 4.90 Å². The Morgan fingerprint density at radius 1 is 0.875 bits per heavy atom. The monoisotopic (exact) mass is 427 g/mol. The van der Waals surface area contributed by atoms with E-state index in [0.717, 1.165) is 40.7 Å². The smallest absolute Gasteiger partial charge is 0.410 e. The summed E-state index contributed by atoms with van der Waals surface area (Å²) in [5.41, 5.74) is 5.49. The van der Waals surface area contributed by atoms with Crippen LogP contribution in [0.4, 0.5) is 4.79 Å². The number of carboxylic acid groups (broad SMARTS) is 1. The van der Waals surface area contributed by atoms with E-state index in [0.29, 0.717) is 0 Å². The summed E-state index contributed by atoms with van der Waals surface area (Å²) in [5, 5.41) is 9.92. The average Bonchev–Trinajstić information content (AvgIpc) is 3.60. The molecular weight excluding hydrogens is 402 g/mol. The minimum absolute atomic E-state index is 0.0511. The summed E-state index contributed by atoms with van der Waals surface area (Å²) >= 11 is 0. The van der Waals surface area contributed by atoms with Gasteiger partial charge in [0.05, 0.1) is 0 Å². The van der Waals surface area contributed by atoms with Crippen molar-refractivity contribution in [3.8, 4) is 11.1 Å². The molecule has 1 N–H and O–H groups in total. The fourth-order valence-electron chi connectivity index (χ4n) is 4.69. The molecule has 1 saturated carbocycles. The molecule has 2 aliphatic carbocycles. The van der Waals surface area contributed by atoms with Crippen LogP contribution >= 0.6 is 0 Å². The lowest BCUT2D eigenvalue weighted by molar-refractivity contribution is -0.143. The van der Waals surface area contributed by atoms with Crippen LogP contribution in [0.1, 0.15) is 35.4 Å². The highest BCUT2D eigenvalue weighted by molar-refractivity contribution is 5.82. The molecule has 1 fully saturated rings. The first-order chi connectivity index (χ1) is 15.6. The number of benzene rings is 3. The Morgan fingerprint density at radius 3 is 2.00 bits per heavy atom. The standard InChI is InChI=1S/C27H25NO4/c29-26(30)25(16-18-8-2-1-3-9-18)28(19-14-15-19)27(31)32-17-24-22-12-6-4-10-20(22)21-11-5-7-13-23(21)24/h1-13,19,24-25H,14-17H2,(H,29,30). The predicted molar refractivity (Wildman–Crippen MR) is 121 cm³/mol. The van der Waals surface area contributed by atoms with Gasteiger partial charge in [-0.1, -0.05) is 78.9 Å². The molecule has 3 aromatic rings. The van der Waals surface area contributed by atoms with E-state index in [9.17, 15) is 14.7 Å². The molecule has 0 spiro atoms. The Bertz CT molecular complexity index is 1090. The summed E-state index contributed by atoms with van der Waals surface area (Å²) in [7, 11) is 0. The third-order valence-corrected chi connectivity index (χ3v) is 6.38. The second-order valence-electron chi connectivity index (χ2n) is 8.49. The summed E-state index contributed by atoms with van der Waals surface area (Å²) in [5.74, 6) is -1.06. The van der Waals surface area contributed by atoms with E-state index >= 15 is 0 Å². The maximum atomic E-state index is 13.2. The van der Waals surface area contributed by atoms with Crippen molar-refractivity contribution in [2.75, 3.05) is 6.61 Å². The third-order valence-electron chi connectivity index (χ3n) is 6.38. The molecule has 162 valence electrons. The van der Waals surface area contributed by atoms with Crippen molar-refractivity contribution >= 4 is 12.1 Å². The maximum absolute atomic E-state index is 13.2. The highest BCUT2D eigenvalue weighted by Gasteiger charge is 2.42. The number of hydrogen-bond donors (Lipinski definition) is 1. The molecule has 0 saturated heterocycles. The average molecular weight is 428 g/mol. The van der Waals surface area contributed by atoms with Crippen LogP contribution in [-0.2, 0) is 16.0 Å². The van der Waals surface area contributed by atoms with Gasteiger partial charge in [-0.05, 0) is 40.7 Å². The van der Waals surface area contributed by atoms with Crippen molar-refractivity contribution in [3.05, 3.63) is 95.6 Å². The number of carboxylic acids is 1.